The highest BCUT2D eigenvalue weighted by Gasteiger charge is 2.70. The number of ether oxygens (including phenoxy) is 1. The number of esters is 1. The largest absolute Gasteiger partial charge is 0.465 e. The molecule has 0 aromatic heterocycles. The molecular weight excluding hydrogens is 500 g/mol. The average Bonchev–Trinajstić information content (AvgIpc) is 3.58. The number of hydrogen-bond donors (Lipinski definition) is 4. The molecule has 0 aromatic carbocycles. The molecule has 0 spiro atoms. The van der Waals surface area contributed by atoms with Crippen molar-refractivity contribution in [3.8, 4) is 0 Å². The average molecular weight is 547 g/mol. The number of aliphatic hydroxyl groups is 3. The van der Waals surface area contributed by atoms with Gasteiger partial charge in [-0.2, -0.15) is 0 Å². The summed E-state index contributed by atoms with van der Waals surface area (Å²) in [4.78, 5) is 27.9. The van der Waals surface area contributed by atoms with Crippen LogP contribution in [0.1, 0.15) is 71.6 Å². The van der Waals surface area contributed by atoms with Crippen molar-refractivity contribution < 1.29 is 34.8 Å². The second kappa shape index (κ2) is 9.71. The van der Waals surface area contributed by atoms with Gasteiger partial charge in [0.25, 0.3) is 0 Å². The Morgan fingerprint density at radius 3 is 2.56 bits per heavy atom. The van der Waals surface area contributed by atoms with Crippen LogP contribution in [0, 0.1) is 34.5 Å². The zero-order chi connectivity index (χ0) is 27.7. The van der Waals surface area contributed by atoms with E-state index < -0.39 is 23.2 Å². The van der Waals surface area contributed by atoms with Gasteiger partial charge in [-0.3, -0.25) is 4.90 Å². The van der Waals surface area contributed by atoms with Gasteiger partial charge in [0.2, 0.25) is 0 Å². The van der Waals surface area contributed by atoms with Crippen LogP contribution in [0.5, 0.6) is 0 Å². The first-order chi connectivity index (χ1) is 18.5. The van der Waals surface area contributed by atoms with Gasteiger partial charge in [-0.1, -0.05) is 13.8 Å². The number of cyclic esters (lactones) is 1. The highest BCUT2D eigenvalue weighted by Crippen LogP contribution is 2.70. The van der Waals surface area contributed by atoms with E-state index in [1.165, 1.54) is 0 Å². The lowest BCUT2D eigenvalue weighted by Gasteiger charge is -2.65. The lowest BCUT2D eigenvalue weighted by molar-refractivity contribution is -0.243. The molecule has 9 heteroatoms. The van der Waals surface area contributed by atoms with Gasteiger partial charge in [0, 0.05) is 43.7 Å². The van der Waals surface area contributed by atoms with Gasteiger partial charge < -0.3 is 30.1 Å². The summed E-state index contributed by atoms with van der Waals surface area (Å²) in [5.74, 6) is 0.236. The fourth-order valence-corrected chi connectivity index (χ4v) is 10.3. The molecule has 2 heterocycles. The Bertz CT molecular complexity index is 1030. The topological polar surface area (TPSA) is 131 Å². The molecule has 0 bridgehead atoms. The number of fused-ring (bicyclic) bond motifs is 5. The maximum atomic E-state index is 12.4. The van der Waals surface area contributed by atoms with E-state index in [4.69, 9.17) is 4.74 Å². The third-order valence-corrected chi connectivity index (χ3v) is 12.6. The van der Waals surface area contributed by atoms with Gasteiger partial charge in [-0.15, -0.1) is 0 Å². The molecule has 4 aliphatic carbocycles. The summed E-state index contributed by atoms with van der Waals surface area (Å²) in [5, 5.41) is 44.1. The molecule has 0 radical (unpaired) electrons. The monoisotopic (exact) mass is 546 g/mol. The molecule has 9 nitrogen and oxygen atoms in total. The van der Waals surface area contributed by atoms with Crippen molar-refractivity contribution in [2.75, 3.05) is 32.8 Å². The zero-order valence-corrected chi connectivity index (χ0v) is 23.4. The lowest BCUT2D eigenvalue weighted by Crippen LogP contribution is -2.67. The van der Waals surface area contributed by atoms with E-state index in [9.17, 15) is 30.0 Å². The van der Waals surface area contributed by atoms with E-state index in [1.54, 1.807) is 11.0 Å². The second-order valence-electron chi connectivity index (χ2n) is 14.0. The van der Waals surface area contributed by atoms with Gasteiger partial charge in [0.15, 0.2) is 0 Å². The first-order valence-corrected chi connectivity index (χ1v) is 15.1. The summed E-state index contributed by atoms with van der Waals surface area (Å²) in [5.41, 5.74) is -0.846. The minimum Gasteiger partial charge on any atom is -0.465 e. The normalized spacial score (nSPS) is 47.7. The molecule has 6 rings (SSSR count). The third kappa shape index (κ3) is 4.17. The minimum absolute atomic E-state index is 0.0192. The number of carbonyl (C=O) groups excluding carboxylic acids is 1. The number of aliphatic hydroxyl groups excluding tert-OH is 2. The minimum atomic E-state index is -0.995. The van der Waals surface area contributed by atoms with Crippen LogP contribution < -0.4 is 0 Å². The molecule has 0 unspecified atom stereocenters. The molecule has 39 heavy (non-hydrogen) atoms. The van der Waals surface area contributed by atoms with E-state index >= 15 is 0 Å². The Morgan fingerprint density at radius 1 is 1.10 bits per heavy atom. The first kappa shape index (κ1) is 27.5. The van der Waals surface area contributed by atoms with E-state index in [1.807, 2.05) is 6.92 Å². The number of nitrogens with zero attached hydrogens (tertiary/aromatic N) is 2. The number of carbonyl (C=O) groups is 2. The van der Waals surface area contributed by atoms with Crippen LogP contribution in [0.15, 0.2) is 11.6 Å². The third-order valence-electron chi connectivity index (χ3n) is 12.6. The second-order valence-corrected chi connectivity index (χ2v) is 14.0. The molecule has 6 aliphatic rings. The molecule has 1 saturated heterocycles. The summed E-state index contributed by atoms with van der Waals surface area (Å²) in [6.07, 6.45) is 6.85. The van der Waals surface area contributed by atoms with E-state index in [-0.39, 0.29) is 47.9 Å². The molecule has 218 valence electrons. The number of likely N-dealkylation sites (tertiary alicyclic amines) is 1. The first-order valence-electron chi connectivity index (χ1n) is 15.1. The fraction of sp³-hybridized carbons (Fsp3) is 0.867. The number of β-amino-alcohol motifs (C(OH)–C–C–N with tert-alkyl or cyclic N) is 1. The maximum Gasteiger partial charge on any atom is 0.407 e. The van der Waals surface area contributed by atoms with E-state index in [2.05, 4.69) is 11.8 Å². The SMILES string of the molecule is C[C@]12CC[C@H](N(CCN3CC[C@@H](O)C3)C(=O)O)C[C@H]1CC[C@@H]1[C@@H]2C[C@@H](O)[C@]2(C)[C@@H](C3=CC(=O)OC3)CC[C@]12O. The molecule has 4 saturated carbocycles. The smallest absolute Gasteiger partial charge is 0.407 e. The van der Waals surface area contributed by atoms with Gasteiger partial charge in [-0.05, 0) is 92.4 Å². The predicted molar refractivity (Wildman–Crippen MR) is 143 cm³/mol. The maximum absolute atomic E-state index is 12.4. The van der Waals surface area contributed by atoms with Gasteiger partial charge in [0.05, 0.1) is 17.8 Å². The molecule has 5 fully saturated rings. The quantitative estimate of drug-likeness (QED) is 0.387. The summed E-state index contributed by atoms with van der Waals surface area (Å²) in [7, 11) is 0. The highest BCUT2D eigenvalue weighted by atomic mass is 16.5. The fourth-order valence-electron chi connectivity index (χ4n) is 10.3. The van der Waals surface area contributed by atoms with Crippen LogP contribution >= 0.6 is 0 Å². The standard InChI is InChI=1S/C30H46N2O7/c1-28-8-5-20(32(27(36)37)12-11-31-10-7-21(33)16-31)14-19(28)3-4-23-24(28)15-25(34)29(2)22(6-9-30(23,29)38)18-13-26(35)39-17-18/h13,19-25,33-34,38H,3-12,14-17H2,1-2H3,(H,36,37)/t19-,20+,21-,22-,23-,24+,25-,28+,29+,30+/m1/s1. The Hall–Kier alpha value is -1.68. The Morgan fingerprint density at radius 2 is 1.90 bits per heavy atom. The van der Waals surface area contributed by atoms with Gasteiger partial charge in [-0.25, -0.2) is 9.59 Å². The van der Waals surface area contributed by atoms with Crippen molar-refractivity contribution >= 4 is 12.1 Å². The van der Waals surface area contributed by atoms with Crippen LogP contribution in [-0.4, -0.2) is 98.9 Å². The van der Waals surface area contributed by atoms with Gasteiger partial charge in [0.1, 0.15) is 6.61 Å². The van der Waals surface area contributed by atoms with Crippen molar-refractivity contribution in [2.24, 2.45) is 34.5 Å². The summed E-state index contributed by atoms with van der Waals surface area (Å²) in [6.45, 7) is 7.17. The highest BCUT2D eigenvalue weighted by molar-refractivity contribution is 5.85. The summed E-state index contributed by atoms with van der Waals surface area (Å²) >= 11 is 0. The summed E-state index contributed by atoms with van der Waals surface area (Å²) < 4.78 is 5.21. The van der Waals surface area contributed by atoms with Crippen LogP contribution in [0.2, 0.25) is 0 Å². The number of hydrogen-bond acceptors (Lipinski definition) is 7. The molecule has 2 aliphatic heterocycles. The zero-order valence-electron chi connectivity index (χ0n) is 23.4. The number of rotatable bonds is 5. The van der Waals surface area contributed by atoms with E-state index in [0.717, 1.165) is 57.1 Å². The molecule has 1 amide bonds. The molecule has 4 N–H and O–H groups in total. The van der Waals surface area contributed by atoms with Crippen LogP contribution in [0.4, 0.5) is 4.79 Å². The van der Waals surface area contributed by atoms with Crippen LogP contribution in [0.3, 0.4) is 0 Å². The molecular formula is C30H46N2O7. The number of carboxylic acid groups (broad SMARTS) is 1. The number of amides is 1. The van der Waals surface area contributed by atoms with Crippen molar-refractivity contribution in [3.05, 3.63) is 11.6 Å². The van der Waals surface area contributed by atoms with Crippen molar-refractivity contribution in [2.45, 2.75) is 95.5 Å². The van der Waals surface area contributed by atoms with Crippen LogP contribution in [0.25, 0.3) is 0 Å². The van der Waals surface area contributed by atoms with Crippen molar-refractivity contribution in [3.63, 3.8) is 0 Å². The Labute approximate surface area is 231 Å². The van der Waals surface area contributed by atoms with E-state index in [0.29, 0.717) is 38.4 Å². The molecule has 0 aromatic rings. The lowest BCUT2D eigenvalue weighted by atomic mass is 9.42. The van der Waals surface area contributed by atoms with Crippen molar-refractivity contribution in [1.82, 2.24) is 9.80 Å². The van der Waals surface area contributed by atoms with Crippen molar-refractivity contribution in [1.29, 1.82) is 0 Å². The van der Waals surface area contributed by atoms with Gasteiger partial charge >= 0.3 is 12.1 Å². The Balaban J connectivity index is 1.18. The molecule has 10 atom stereocenters. The predicted octanol–water partition coefficient (Wildman–Crippen LogP) is 2.63. The summed E-state index contributed by atoms with van der Waals surface area (Å²) in [6, 6.07) is -0.0192. The van der Waals surface area contributed by atoms with Crippen LogP contribution in [-0.2, 0) is 9.53 Å². The Kier molecular flexibility index (Phi) is 6.84.